The molecule has 0 aromatic carbocycles. The van der Waals surface area contributed by atoms with Gasteiger partial charge in [-0.3, -0.25) is 0 Å². The van der Waals surface area contributed by atoms with Crippen LogP contribution in [0.4, 0.5) is 4.79 Å². The summed E-state index contributed by atoms with van der Waals surface area (Å²) in [6.07, 6.45) is 0.725. The van der Waals surface area contributed by atoms with Gasteiger partial charge >= 0.3 is 86.7 Å². The number of carboxylic acids is 1. The number of primary amides is 1. The number of carbonyl (C=O) groups is 2. The van der Waals surface area contributed by atoms with Crippen LogP contribution in [0.2, 0.25) is 0 Å². The Balaban J connectivity index is 3.84. The minimum atomic E-state index is -1.06. The molecule has 1 atom stereocenters. The van der Waals surface area contributed by atoms with Crippen molar-refractivity contribution in [1.29, 1.82) is 0 Å². The molecule has 0 radical (unpaired) electrons. The number of hydrogen-bond donors (Lipinski definition) is 4. The Kier molecular flexibility index (Phi) is 7.36. The molecule has 15 heavy (non-hydrogen) atoms. The van der Waals surface area contributed by atoms with Gasteiger partial charge in [0.1, 0.15) is 0 Å². The van der Waals surface area contributed by atoms with Crippen LogP contribution in [0, 0.1) is 5.75 Å². The van der Waals surface area contributed by atoms with Gasteiger partial charge in [0.2, 0.25) is 0 Å². The zero-order valence-electron chi connectivity index (χ0n) is 7.90. The number of amides is 2. The monoisotopic (exact) mass is 233 g/mol. The van der Waals surface area contributed by atoms with Crippen LogP contribution in [0.1, 0.15) is 12.8 Å². The van der Waals surface area contributed by atoms with E-state index in [-0.39, 0.29) is 6.42 Å². The van der Waals surface area contributed by atoms with E-state index in [0.29, 0.717) is 13.0 Å². The van der Waals surface area contributed by atoms with Gasteiger partial charge in [-0.05, 0) is 0 Å². The van der Waals surface area contributed by atoms with E-state index in [9.17, 15) is 14.2 Å². The number of carbonyl (C=O) groups excluding carboxylic acids is 1. The van der Waals surface area contributed by atoms with Gasteiger partial charge in [-0.1, -0.05) is 0 Å². The summed E-state index contributed by atoms with van der Waals surface area (Å²) in [6, 6.07) is -1.51. The average molecular weight is 233 g/mol. The van der Waals surface area contributed by atoms with E-state index in [2.05, 4.69) is 16.4 Å². The molecule has 0 aliphatic heterocycles. The Morgan fingerprint density at radius 3 is 2.67 bits per heavy atom. The number of urea groups is 1. The van der Waals surface area contributed by atoms with Gasteiger partial charge in [-0.2, -0.15) is 0 Å². The first kappa shape index (κ1) is 13.7. The summed E-state index contributed by atoms with van der Waals surface area (Å²) in [5.41, 5.74) is 4.81. The summed E-state index contributed by atoms with van der Waals surface area (Å²) in [5.74, 6) is 1.09. The fourth-order valence-corrected chi connectivity index (χ4v) is 1.09. The van der Waals surface area contributed by atoms with Crippen molar-refractivity contribution in [1.82, 2.24) is 10.6 Å². The number of aliphatic carboxylic acids is 1. The molecule has 0 heterocycles. The van der Waals surface area contributed by atoms with Gasteiger partial charge < -0.3 is 0 Å². The Labute approximate surface area is 87.5 Å². The molecule has 0 aliphatic carbocycles. The van der Waals surface area contributed by atoms with Crippen molar-refractivity contribution in [2.45, 2.75) is 18.9 Å². The molecule has 0 fully saturated rings. The van der Waals surface area contributed by atoms with Crippen molar-refractivity contribution >= 4 is 19.9 Å². The Hall–Kier alpha value is -1.29. The Bertz CT molecular complexity index is 326. The second kappa shape index (κ2) is 8.05. The van der Waals surface area contributed by atoms with Gasteiger partial charge in [0, 0.05) is 0 Å². The summed E-state index contributed by atoms with van der Waals surface area (Å²) in [4.78, 5) is 20.9. The molecule has 0 spiro atoms. The van der Waals surface area contributed by atoms with E-state index in [0.717, 1.165) is 0 Å². The van der Waals surface area contributed by atoms with E-state index < -0.39 is 26.0 Å². The van der Waals surface area contributed by atoms with Gasteiger partial charge in [-0.15, -0.1) is 0 Å². The SMILES string of the molecule is NC(=O)NCCC[C@H](NC#P=O)C(=O)O. The predicted molar refractivity (Wildman–Crippen MR) is 52.9 cm³/mol. The molecule has 0 aromatic heterocycles. The Morgan fingerprint density at radius 2 is 2.20 bits per heavy atom. The average Bonchev–Trinajstić information content (AvgIpc) is 2.15. The molecule has 5 N–H and O–H groups in total. The molecule has 0 aromatic rings. The second-order valence-corrected chi connectivity index (χ2v) is 3.08. The van der Waals surface area contributed by atoms with Gasteiger partial charge in [-0.25, -0.2) is 0 Å². The zero-order chi connectivity index (χ0) is 11.7. The van der Waals surface area contributed by atoms with Crippen molar-refractivity contribution in [3.05, 3.63) is 0 Å². The van der Waals surface area contributed by atoms with Crippen LogP contribution in [0.3, 0.4) is 0 Å². The van der Waals surface area contributed by atoms with Crippen molar-refractivity contribution in [3.8, 4) is 5.75 Å². The third-order valence-corrected chi connectivity index (χ3v) is 1.77. The van der Waals surface area contributed by atoms with Crippen molar-refractivity contribution in [2.24, 2.45) is 5.73 Å². The first-order chi connectivity index (χ1) is 7.07. The van der Waals surface area contributed by atoms with E-state index in [1.54, 1.807) is 0 Å². The number of nitrogens with one attached hydrogen (secondary N) is 2. The van der Waals surface area contributed by atoms with E-state index >= 15 is 0 Å². The molecule has 0 unspecified atom stereocenters. The maximum atomic E-state index is 10.6. The van der Waals surface area contributed by atoms with E-state index in [1.807, 2.05) is 0 Å². The van der Waals surface area contributed by atoms with Crippen LogP contribution in [0.25, 0.3) is 0 Å². The van der Waals surface area contributed by atoms with Gasteiger partial charge in [0.05, 0.1) is 0 Å². The third-order valence-electron chi connectivity index (χ3n) is 1.55. The third kappa shape index (κ3) is 7.76. The number of carboxylic acid groups (broad SMARTS) is 1. The van der Waals surface area contributed by atoms with Crippen LogP contribution < -0.4 is 16.4 Å². The van der Waals surface area contributed by atoms with E-state index in [1.165, 1.54) is 0 Å². The van der Waals surface area contributed by atoms with Crippen molar-refractivity contribution < 1.29 is 19.3 Å². The molecular formula is C7H12N3O4P. The molecule has 0 aliphatic rings. The molecule has 0 bridgehead atoms. The molecule has 0 saturated heterocycles. The number of nitrogens with two attached hydrogens (primary N) is 1. The normalized spacial score (nSPS) is 11.2. The summed E-state index contributed by atoms with van der Waals surface area (Å²) < 4.78 is 10.0. The fraction of sp³-hybridized carbons (Fsp3) is 0.571. The van der Waals surface area contributed by atoms with Crippen LogP contribution in [0.15, 0.2) is 0 Å². The van der Waals surface area contributed by atoms with Crippen LogP contribution >= 0.6 is 7.92 Å². The van der Waals surface area contributed by atoms with Crippen molar-refractivity contribution in [3.63, 3.8) is 0 Å². The fourth-order valence-electron chi connectivity index (χ4n) is 0.879. The van der Waals surface area contributed by atoms with Gasteiger partial charge in [0.15, 0.2) is 0 Å². The molecule has 84 valence electrons. The Morgan fingerprint density at radius 1 is 1.53 bits per heavy atom. The molecule has 8 heteroatoms. The van der Waals surface area contributed by atoms with Crippen LogP contribution in [-0.4, -0.2) is 29.7 Å². The first-order valence-corrected chi connectivity index (χ1v) is 4.98. The first-order valence-electron chi connectivity index (χ1n) is 4.17. The molecule has 2 amide bonds. The topological polar surface area (TPSA) is 122 Å². The van der Waals surface area contributed by atoms with E-state index in [4.69, 9.17) is 10.8 Å². The van der Waals surface area contributed by atoms with Crippen LogP contribution in [0.5, 0.6) is 0 Å². The molecule has 0 saturated carbocycles. The zero-order valence-corrected chi connectivity index (χ0v) is 8.79. The standard InChI is InChI=1S/C7H12N3O4P/c8-7(13)9-3-1-2-5(6(11)12)10-4-15-14/h5,10H,1-3H2,(H,11,12)(H3,8,9,13)/t5-/m0/s1. The second-order valence-electron chi connectivity index (χ2n) is 2.67. The molecule has 0 rings (SSSR count). The molecule has 7 nitrogen and oxygen atoms in total. The number of hydrogen-bond acceptors (Lipinski definition) is 4. The van der Waals surface area contributed by atoms with Crippen LogP contribution in [-0.2, 0) is 9.36 Å². The summed E-state index contributed by atoms with van der Waals surface area (Å²) in [5, 5.41) is 13.4. The predicted octanol–water partition coefficient (Wildman–Crippen LogP) is -0.314. The molecular weight excluding hydrogens is 221 g/mol. The van der Waals surface area contributed by atoms with Gasteiger partial charge in [0.25, 0.3) is 0 Å². The summed E-state index contributed by atoms with van der Waals surface area (Å²) in [7, 11) is -0.396. The quantitative estimate of drug-likeness (QED) is 0.284. The van der Waals surface area contributed by atoms with Crippen molar-refractivity contribution in [2.75, 3.05) is 6.54 Å². The minimum absolute atomic E-state index is 0.276. The number of rotatable bonds is 6. The summed E-state index contributed by atoms with van der Waals surface area (Å²) in [6.45, 7) is 0.301. The maximum absolute atomic E-state index is 10.6. The summed E-state index contributed by atoms with van der Waals surface area (Å²) >= 11 is 0.